The van der Waals surface area contributed by atoms with Gasteiger partial charge in [-0.25, -0.2) is 0 Å². The van der Waals surface area contributed by atoms with Gasteiger partial charge in [-0.05, 0) is 50.1 Å². The van der Waals surface area contributed by atoms with Crippen molar-refractivity contribution in [2.24, 2.45) is 5.41 Å². The number of benzene rings is 1. The molecule has 3 heteroatoms. The zero-order valence-electron chi connectivity index (χ0n) is 12.4. The molecular weight excluding hydrogens is 270 g/mol. The summed E-state index contributed by atoms with van der Waals surface area (Å²) in [6, 6.07) is 6.57. The van der Waals surface area contributed by atoms with Crippen molar-refractivity contribution in [1.82, 2.24) is 5.32 Å². The van der Waals surface area contributed by atoms with Gasteiger partial charge in [-0.3, -0.25) is 0 Å². The molecule has 0 bridgehead atoms. The van der Waals surface area contributed by atoms with Gasteiger partial charge in [-0.2, -0.15) is 0 Å². The van der Waals surface area contributed by atoms with Crippen LogP contribution in [-0.2, 0) is 0 Å². The van der Waals surface area contributed by atoms with E-state index in [0.29, 0.717) is 17.6 Å². The summed E-state index contributed by atoms with van der Waals surface area (Å²) in [7, 11) is 0. The van der Waals surface area contributed by atoms with Crippen LogP contribution in [0.1, 0.15) is 44.6 Å². The van der Waals surface area contributed by atoms with Crippen molar-refractivity contribution in [3.63, 3.8) is 0 Å². The van der Waals surface area contributed by atoms with Gasteiger partial charge in [0.25, 0.3) is 0 Å². The van der Waals surface area contributed by atoms with Crippen LogP contribution in [0, 0.1) is 12.3 Å². The largest absolute Gasteiger partial charge is 0.489 e. The molecular formula is C17H24ClNO. The molecule has 2 fully saturated rings. The van der Waals surface area contributed by atoms with Crippen LogP contribution < -0.4 is 10.1 Å². The van der Waals surface area contributed by atoms with Crippen LogP contribution in [0.25, 0.3) is 0 Å². The van der Waals surface area contributed by atoms with E-state index in [1.807, 2.05) is 18.2 Å². The Morgan fingerprint density at radius 1 is 1.35 bits per heavy atom. The summed E-state index contributed by atoms with van der Waals surface area (Å²) in [5.41, 5.74) is 1.51. The fourth-order valence-corrected chi connectivity index (χ4v) is 4.27. The third kappa shape index (κ3) is 2.33. The van der Waals surface area contributed by atoms with Crippen molar-refractivity contribution in [2.75, 3.05) is 6.54 Å². The normalized spacial score (nSPS) is 27.6. The fourth-order valence-electron chi connectivity index (χ4n) is 4.05. The van der Waals surface area contributed by atoms with E-state index in [-0.39, 0.29) is 0 Å². The van der Waals surface area contributed by atoms with E-state index in [1.54, 1.807) is 0 Å². The lowest BCUT2D eigenvalue weighted by Crippen LogP contribution is -2.63. The maximum Gasteiger partial charge on any atom is 0.122 e. The van der Waals surface area contributed by atoms with Crippen LogP contribution in [0.5, 0.6) is 5.75 Å². The topological polar surface area (TPSA) is 21.3 Å². The molecule has 0 heterocycles. The molecule has 0 aliphatic heterocycles. The van der Waals surface area contributed by atoms with Gasteiger partial charge < -0.3 is 10.1 Å². The summed E-state index contributed by atoms with van der Waals surface area (Å²) in [6.07, 6.45) is 6.82. The summed E-state index contributed by atoms with van der Waals surface area (Å²) in [5, 5.41) is 4.44. The molecule has 0 radical (unpaired) electrons. The van der Waals surface area contributed by atoms with Crippen LogP contribution >= 0.6 is 11.6 Å². The summed E-state index contributed by atoms with van der Waals surface area (Å²) in [4.78, 5) is 0. The second-order valence-corrected chi connectivity index (χ2v) is 6.74. The zero-order valence-corrected chi connectivity index (χ0v) is 13.2. The van der Waals surface area contributed by atoms with E-state index in [2.05, 4.69) is 19.2 Å². The molecule has 2 nitrogen and oxygen atoms in total. The van der Waals surface area contributed by atoms with Crippen LogP contribution in [-0.4, -0.2) is 18.7 Å². The molecule has 2 atom stereocenters. The number of ether oxygens (including phenoxy) is 1. The highest BCUT2D eigenvalue weighted by Crippen LogP contribution is 2.54. The number of hydrogen-bond donors (Lipinski definition) is 1. The highest BCUT2D eigenvalue weighted by molar-refractivity contribution is 6.30. The smallest absolute Gasteiger partial charge is 0.122 e. The van der Waals surface area contributed by atoms with Gasteiger partial charge in [0.05, 0.1) is 0 Å². The lowest BCUT2D eigenvalue weighted by Gasteiger charge is -2.54. The van der Waals surface area contributed by atoms with Crippen LogP contribution in [0.15, 0.2) is 18.2 Å². The second kappa shape index (κ2) is 5.57. The Hall–Kier alpha value is -0.730. The molecule has 0 amide bonds. The summed E-state index contributed by atoms with van der Waals surface area (Å²) >= 11 is 6.02. The molecule has 2 unspecified atom stereocenters. The van der Waals surface area contributed by atoms with E-state index in [4.69, 9.17) is 16.3 Å². The van der Waals surface area contributed by atoms with Crippen LogP contribution in [0.2, 0.25) is 5.02 Å². The molecule has 1 spiro atoms. The standard InChI is InChI=1S/C17H24ClNO/c1-3-19-15-11-16(17(15)8-4-5-9-17)20-14-7-6-13(18)10-12(14)2/h6-7,10,15-16,19H,3-5,8-9,11H2,1-2H3. The van der Waals surface area contributed by atoms with Crippen molar-refractivity contribution in [1.29, 1.82) is 0 Å². The molecule has 2 aliphatic carbocycles. The molecule has 20 heavy (non-hydrogen) atoms. The lowest BCUT2D eigenvalue weighted by molar-refractivity contribution is -0.0758. The fraction of sp³-hybridized carbons (Fsp3) is 0.647. The number of hydrogen-bond acceptors (Lipinski definition) is 2. The van der Waals surface area contributed by atoms with Crippen molar-refractivity contribution in [2.45, 2.75) is 58.1 Å². The van der Waals surface area contributed by atoms with Gasteiger partial charge in [0, 0.05) is 22.9 Å². The molecule has 1 aromatic carbocycles. The number of rotatable bonds is 4. The Kier molecular flexibility index (Phi) is 3.96. The lowest BCUT2D eigenvalue weighted by atomic mass is 9.60. The summed E-state index contributed by atoms with van der Waals surface area (Å²) < 4.78 is 6.35. The highest BCUT2D eigenvalue weighted by Gasteiger charge is 2.57. The van der Waals surface area contributed by atoms with Crippen molar-refractivity contribution in [3.05, 3.63) is 28.8 Å². The van der Waals surface area contributed by atoms with Crippen LogP contribution in [0.4, 0.5) is 0 Å². The van der Waals surface area contributed by atoms with E-state index >= 15 is 0 Å². The van der Waals surface area contributed by atoms with Gasteiger partial charge in [0.2, 0.25) is 0 Å². The van der Waals surface area contributed by atoms with Gasteiger partial charge >= 0.3 is 0 Å². The molecule has 1 N–H and O–H groups in total. The molecule has 3 rings (SSSR count). The van der Waals surface area contributed by atoms with E-state index in [9.17, 15) is 0 Å². The van der Waals surface area contributed by atoms with Gasteiger partial charge in [0.1, 0.15) is 11.9 Å². The average molecular weight is 294 g/mol. The third-order valence-electron chi connectivity index (χ3n) is 5.18. The Bertz CT molecular complexity index is 482. The number of nitrogens with one attached hydrogen (secondary N) is 1. The summed E-state index contributed by atoms with van der Waals surface area (Å²) in [6.45, 7) is 5.32. The van der Waals surface area contributed by atoms with Gasteiger partial charge in [0.15, 0.2) is 0 Å². The average Bonchev–Trinajstić information content (AvgIpc) is 2.92. The van der Waals surface area contributed by atoms with Crippen molar-refractivity contribution < 1.29 is 4.74 Å². The molecule has 1 aromatic rings. The molecule has 110 valence electrons. The zero-order chi connectivity index (χ0) is 14.2. The van der Waals surface area contributed by atoms with Crippen molar-refractivity contribution >= 4 is 11.6 Å². The number of aryl methyl sites for hydroxylation is 1. The van der Waals surface area contributed by atoms with Crippen LogP contribution in [0.3, 0.4) is 0 Å². The molecule has 2 saturated carbocycles. The van der Waals surface area contributed by atoms with E-state index in [1.165, 1.54) is 25.7 Å². The summed E-state index contributed by atoms with van der Waals surface area (Å²) in [5.74, 6) is 1.00. The van der Waals surface area contributed by atoms with Crippen molar-refractivity contribution in [3.8, 4) is 5.75 Å². The molecule has 2 aliphatic rings. The quantitative estimate of drug-likeness (QED) is 0.892. The second-order valence-electron chi connectivity index (χ2n) is 6.30. The molecule has 0 aromatic heterocycles. The van der Waals surface area contributed by atoms with E-state index < -0.39 is 0 Å². The van der Waals surface area contributed by atoms with Gasteiger partial charge in [-0.1, -0.05) is 31.4 Å². The maximum absolute atomic E-state index is 6.35. The monoisotopic (exact) mass is 293 g/mol. The first kappa shape index (κ1) is 14.2. The SMILES string of the molecule is CCNC1CC(Oc2ccc(Cl)cc2C)C12CCCC2. The minimum atomic E-state index is 0.369. The number of halogens is 1. The minimum absolute atomic E-state index is 0.369. The predicted molar refractivity (Wildman–Crippen MR) is 83.6 cm³/mol. The van der Waals surface area contributed by atoms with E-state index in [0.717, 1.165) is 29.3 Å². The Labute approximate surface area is 126 Å². The first-order chi connectivity index (χ1) is 9.65. The maximum atomic E-state index is 6.35. The predicted octanol–water partition coefficient (Wildman–Crippen LogP) is 4.34. The molecule has 0 saturated heterocycles. The first-order valence-electron chi connectivity index (χ1n) is 7.82. The van der Waals surface area contributed by atoms with Gasteiger partial charge in [-0.15, -0.1) is 0 Å². The minimum Gasteiger partial charge on any atom is -0.489 e. The Balaban J connectivity index is 1.74. The highest BCUT2D eigenvalue weighted by atomic mass is 35.5. The first-order valence-corrected chi connectivity index (χ1v) is 8.20. The third-order valence-corrected chi connectivity index (χ3v) is 5.41. The Morgan fingerprint density at radius 3 is 2.75 bits per heavy atom. The Morgan fingerprint density at radius 2 is 2.10 bits per heavy atom.